The van der Waals surface area contributed by atoms with Crippen LogP contribution in [0.25, 0.3) is 11.0 Å². The van der Waals surface area contributed by atoms with Gasteiger partial charge in [-0.1, -0.05) is 0 Å². The molecule has 1 unspecified atom stereocenters. The van der Waals surface area contributed by atoms with Crippen LogP contribution in [0.3, 0.4) is 0 Å². The highest BCUT2D eigenvalue weighted by molar-refractivity contribution is 9.10. The Balaban J connectivity index is 2.08. The standard InChI is InChI=1S/C15H17BrClFN2S/c1-15(4-2-6-21-15)9-20-13-7-10(16)11(18)8-12(13)19-14(20)3-5-17/h7-8H,2-6,9H2,1H3. The zero-order valence-electron chi connectivity index (χ0n) is 11.8. The predicted octanol–water partition coefficient (Wildman–Crippen LogP) is 5.00. The number of alkyl halides is 1. The fourth-order valence-corrected chi connectivity index (χ4v) is 4.71. The molecule has 2 heterocycles. The number of imidazole rings is 1. The van der Waals surface area contributed by atoms with Gasteiger partial charge in [0.2, 0.25) is 0 Å². The molecule has 6 heteroatoms. The van der Waals surface area contributed by atoms with Crippen LogP contribution in [0.4, 0.5) is 4.39 Å². The number of fused-ring (bicyclic) bond motifs is 1. The van der Waals surface area contributed by atoms with Crippen LogP contribution in [0.2, 0.25) is 0 Å². The van der Waals surface area contributed by atoms with Gasteiger partial charge in [0.25, 0.3) is 0 Å². The zero-order chi connectivity index (χ0) is 15.0. The molecule has 0 amide bonds. The van der Waals surface area contributed by atoms with E-state index < -0.39 is 0 Å². The Kier molecular flexibility index (Phi) is 4.53. The van der Waals surface area contributed by atoms with Gasteiger partial charge >= 0.3 is 0 Å². The third-order valence-electron chi connectivity index (χ3n) is 3.98. The molecule has 0 saturated carbocycles. The second kappa shape index (κ2) is 6.09. The van der Waals surface area contributed by atoms with E-state index in [1.54, 1.807) is 0 Å². The lowest BCUT2D eigenvalue weighted by atomic mass is 10.1. The summed E-state index contributed by atoms with van der Waals surface area (Å²) in [5.41, 5.74) is 1.69. The van der Waals surface area contributed by atoms with E-state index in [1.807, 2.05) is 17.8 Å². The average molecular weight is 392 g/mol. The monoisotopic (exact) mass is 390 g/mol. The molecular weight excluding hydrogens is 375 g/mol. The van der Waals surface area contributed by atoms with Gasteiger partial charge in [-0.2, -0.15) is 11.8 Å². The third kappa shape index (κ3) is 3.10. The van der Waals surface area contributed by atoms with Gasteiger partial charge in [0, 0.05) is 29.7 Å². The van der Waals surface area contributed by atoms with E-state index in [2.05, 4.69) is 32.4 Å². The number of benzene rings is 1. The van der Waals surface area contributed by atoms with Crippen molar-refractivity contribution < 1.29 is 4.39 Å². The van der Waals surface area contributed by atoms with Gasteiger partial charge in [-0.3, -0.25) is 0 Å². The van der Waals surface area contributed by atoms with E-state index >= 15 is 0 Å². The van der Waals surface area contributed by atoms with Crippen molar-refractivity contribution in [3.05, 3.63) is 28.2 Å². The molecule has 3 rings (SSSR count). The summed E-state index contributed by atoms with van der Waals surface area (Å²) >= 11 is 11.2. The summed E-state index contributed by atoms with van der Waals surface area (Å²) in [6.07, 6.45) is 3.17. The maximum Gasteiger partial charge on any atom is 0.139 e. The van der Waals surface area contributed by atoms with Gasteiger partial charge in [-0.15, -0.1) is 11.6 Å². The molecule has 1 aliphatic heterocycles. The second-order valence-electron chi connectivity index (χ2n) is 5.71. The molecule has 1 saturated heterocycles. The van der Waals surface area contributed by atoms with E-state index in [-0.39, 0.29) is 10.6 Å². The molecule has 0 radical (unpaired) electrons. The molecule has 0 N–H and O–H groups in total. The lowest BCUT2D eigenvalue weighted by molar-refractivity contribution is 0.507. The molecule has 1 atom stereocenters. The van der Waals surface area contributed by atoms with E-state index in [9.17, 15) is 4.39 Å². The maximum atomic E-state index is 13.7. The van der Waals surface area contributed by atoms with Crippen molar-refractivity contribution in [3.8, 4) is 0 Å². The Morgan fingerprint density at radius 1 is 1.52 bits per heavy atom. The van der Waals surface area contributed by atoms with Gasteiger partial charge in [-0.25, -0.2) is 9.37 Å². The van der Waals surface area contributed by atoms with Gasteiger partial charge in [-0.05, 0) is 47.5 Å². The van der Waals surface area contributed by atoms with Crippen molar-refractivity contribution in [3.63, 3.8) is 0 Å². The zero-order valence-corrected chi connectivity index (χ0v) is 15.0. The minimum atomic E-state index is -0.272. The summed E-state index contributed by atoms with van der Waals surface area (Å²) in [6.45, 7) is 3.21. The molecule has 0 spiro atoms. The molecule has 0 aliphatic carbocycles. The van der Waals surface area contributed by atoms with Crippen LogP contribution in [-0.4, -0.2) is 25.9 Å². The van der Waals surface area contributed by atoms with Gasteiger partial charge < -0.3 is 4.57 Å². The summed E-state index contributed by atoms with van der Waals surface area (Å²) in [4.78, 5) is 4.59. The molecule has 2 aromatic rings. The molecule has 1 fully saturated rings. The number of rotatable bonds is 4. The van der Waals surface area contributed by atoms with Crippen molar-refractivity contribution in [1.82, 2.24) is 9.55 Å². The third-order valence-corrected chi connectivity index (χ3v) is 6.30. The Hall–Kier alpha value is -0.260. The average Bonchev–Trinajstić information content (AvgIpc) is 2.98. The first-order valence-electron chi connectivity index (χ1n) is 7.06. The molecule has 21 heavy (non-hydrogen) atoms. The highest BCUT2D eigenvalue weighted by atomic mass is 79.9. The lowest BCUT2D eigenvalue weighted by Crippen LogP contribution is -2.25. The Morgan fingerprint density at radius 3 is 3.00 bits per heavy atom. The second-order valence-corrected chi connectivity index (χ2v) is 8.62. The first-order valence-corrected chi connectivity index (χ1v) is 9.38. The Labute approximate surface area is 141 Å². The van der Waals surface area contributed by atoms with Gasteiger partial charge in [0.1, 0.15) is 11.6 Å². The van der Waals surface area contributed by atoms with E-state index in [0.29, 0.717) is 22.3 Å². The number of halogens is 3. The summed E-state index contributed by atoms with van der Waals surface area (Å²) in [5.74, 6) is 2.42. The van der Waals surface area contributed by atoms with Crippen LogP contribution in [0.15, 0.2) is 16.6 Å². The van der Waals surface area contributed by atoms with Crippen molar-refractivity contribution in [1.29, 1.82) is 0 Å². The lowest BCUT2D eigenvalue weighted by Gasteiger charge is -2.24. The minimum Gasteiger partial charge on any atom is -0.327 e. The SMILES string of the molecule is CC1(Cn2c(CCCl)nc3cc(F)c(Br)cc32)CCCS1. The molecule has 0 bridgehead atoms. The first-order chi connectivity index (χ1) is 10.0. The molecule has 2 nitrogen and oxygen atoms in total. The Morgan fingerprint density at radius 2 is 2.33 bits per heavy atom. The number of thioether (sulfide) groups is 1. The van der Waals surface area contributed by atoms with Crippen molar-refractivity contribution >= 4 is 50.3 Å². The number of aryl methyl sites for hydroxylation is 1. The molecule has 1 aliphatic rings. The summed E-state index contributed by atoms with van der Waals surface area (Å²) < 4.78 is 16.7. The van der Waals surface area contributed by atoms with Crippen LogP contribution in [0.1, 0.15) is 25.6 Å². The first kappa shape index (κ1) is 15.6. The fourth-order valence-electron chi connectivity index (χ4n) is 2.92. The predicted molar refractivity (Wildman–Crippen MR) is 91.9 cm³/mol. The Bertz CT molecular complexity index is 667. The van der Waals surface area contributed by atoms with Crippen molar-refractivity contribution in [2.75, 3.05) is 11.6 Å². The van der Waals surface area contributed by atoms with Gasteiger partial charge in [0.05, 0.1) is 15.5 Å². The maximum absolute atomic E-state index is 13.7. The van der Waals surface area contributed by atoms with E-state index in [4.69, 9.17) is 11.6 Å². The fraction of sp³-hybridized carbons (Fsp3) is 0.533. The van der Waals surface area contributed by atoms with Crippen molar-refractivity contribution in [2.45, 2.75) is 37.5 Å². The number of aromatic nitrogens is 2. The van der Waals surface area contributed by atoms with Crippen LogP contribution in [-0.2, 0) is 13.0 Å². The largest absolute Gasteiger partial charge is 0.327 e. The summed E-state index contributed by atoms with van der Waals surface area (Å²) in [5, 5.41) is 0. The van der Waals surface area contributed by atoms with E-state index in [1.165, 1.54) is 24.7 Å². The highest BCUT2D eigenvalue weighted by Crippen LogP contribution is 2.40. The highest BCUT2D eigenvalue weighted by Gasteiger charge is 2.31. The summed E-state index contributed by atoms with van der Waals surface area (Å²) in [7, 11) is 0. The van der Waals surface area contributed by atoms with E-state index in [0.717, 1.165) is 17.9 Å². The molecule has 114 valence electrons. The van der Waals surface area contributed by atoms with Crippen LogP contribution >= 0.6 is 39.3 Å². The molecule has 1 aromatic heterocycles. The van der Waals surface area contributed by atoms with Crippen LogP contribution < -0.4 is 0 Å². The normalized spacial score (nSPS) is 22.3. The van der Waals surface area contributed by atoms with Crippen LogP contribution in [0, 0.1) is 5.82 Å². The minimum absolute atomic E-state index is 0.232. The number of hydrogen-bond donors (Lipinski definition) is 0. The molecular formula is C15H17BrClFN2S. The molecule has 1 aromatic carbocycles. The summed E-state index contributed by atoms with van der Waals surface area (Å²) in [6, 6.07) is 3.33. The van der Waals surface area contributed by atoms with Gasteiger partial charge in [0.15, 0.2) is 0 Å². The topological polar surface area (TPSA) is 17.8 Å². The van der Waals surface area contributed by atoms with Crippen LogP contribution in [0.5, 0.6) is 0 Å². The number of nitrogens with zero attached hydrogens (tertiary/aromatic N) is 2. The quantitative estimate of drug-likeness (QED) is 0.682. The number of hydrogen-bond acceptors (Lipinski definition) is 2. The van der Waals surface area contributed by atoms with Crippen molar-refractivity contribution in [2.24, 2.45) is 0 Å². The smallest absolute Gasteiger partial charge is 0.139 e.